The summed E-state index contributed by atoms with van der Waals surface area (Å²) in [5.41, 5.74) is 0.501. The SMILES string of the molecule is CNc1cnc(COCCC(F)(F)F)cn1. The van der Waals surface area contributed by atoms with E-state index >= 15 is 0 Å². The number of aromatic nitrogens is 2. The summed E-state index contributed by atoms with van der Waals surface area (Å²) < 4.78 is 40.1. The summed E-state index contributed by atoms with van der Waals surface area (Å²) in [6, 6.07) is 0. The molecule has 1 aromatic heterocycles. The zero-order chi connectivity index (χ0) is 12.0. The van der Waals surface area contributed by atoms with Gasteiger partial charge in [0.05, 0.1) is 37.7 Å². The summed E-state index contributed by atoms with van der Waals surface area (Å²) in [5.74, 6) is 0.596. The maximum atomic E-state index is 11.8. The third-order valence-electron chi connectivity index (χ3n) is 1.74. The van der Waals surface area contributed by atoms with Crippen molar-refractivity contribution in [3.05, 3.63) is 18.1 Å². The average molecular weight is 235 g/mol. The lowest BCUT2D eigenvalue weighted by atomic mass is 10.4. The van der Waals surface area contributed by atoms with Crippen LogP contribution in [-0.4, -0.2) is 29.8 Å². The minimum absolute atomic E-state index is 0.0348. The second kappa shape index (κ2) is 5.64. The van der Waals surface area contributed by atoms with Crippen molar-refractivity contribution in [2.24, 2.45) is 0 Å². The number of nitrogens with one attached hydrogen (secondary N) is 1. The number of halogens is 3. The summed E-state index contributed by atoms with van der Waals surface area (Å²) >= 11 is 0. The lowest BCUT2D eigenvalue weighted by molar-refractivity contribution is -0.146. The molecular formula is C9H12F3N3O. The van der Waals surface area contributed by atoms with E-state index in [-0.39, 0.29) is 13.2 Å². The fourth-order valence-corrected chi connectivity index (χ4v) is 0.923. The highest BCUT2D eigenvalue weighted by atomic mass is 19.4. The molecule has 0 aliphatic rings. The summed E-state index contributed by atoms with van der Waals surface area (Å²) in [6.45, 7) is -0.327. The van der Waals surface area contributed by atoms with Crippen molar-refractivity contribution in [2.75, 3.05) is 19.0 Å². The number of anilines is 1. The van der Waals surface area contributed by atoms with E-state index < -0.39 is 12.6 Å². The second-order valence-corrected chi connectivity index (χ2v) is 3.06. The van der Waals surface area contributed by atoms with Gasteiger partial charge in [-0.1, -0.05) is 0 Å². The Morgan fingerprint density at radius 1 is 1.31 bits per heavy atom. The first-order valence-electron chi connectivity index (χ1n) is 4.64. The standard InChI is InChI=1S/C9H12F3N3O/c1-13-8-5-14-7(4-15-8)6-16-3-2-9(10,11)12/h4-5H,2-3,6H2,1H3,(H,13,15). The molecule has 0 fully saturated rings. The molecule has 4 nitrogen and oxygen atoms in total. The van der Waals surface area contributed by atoms with Crippen LogP contribution in [0.3, 0.4) is 0 Å². The van der Waals surface area contributed by atoms with E-state index in [0.717, 1.165) is 0 Å². The van der Waals surface area contributed by atoms with Crippen molar-refractivity contribution in [1.82, 2.24) is 9.97 Å². The number of rotatable bonds is 5. The zero-order valence-corrected chi connectivity index (χ0v) is 8.71. The maximum Gasteiger partial charge on any atom is 0.391 e. The van der Waals surface area contributed by atoms with E-state index in [1.54, 1.807) is 7.05 Å². The molecule has 0 aliphatic heterocycles. The first-order chi connectivity index (χ1) is 7.51. The molecule has 1 rings (SSSR count). The first kappa shape index (κ1) is 12.7. The Morgan fingerprint density at radius 3 is 2.56 bits per heavy atom. The lowest BCUT2D eigenvalue weighted by Gasteiger charge is -2.06. The number of hydrogen-bond acceptors (Lipinski definition) is 4. The van der Waals surface area contributed by atoms with Crippen molar-refractivity contribution in [3.8, 4) is 0 Å². The number of nitrogens with zero attached hydrogens (tertiary/aromatic N) is 2. The number of hydrogen-bond donors (Lipinski definition) is 1. The maximum absolute atomic E-state index is 11.8. The Labute approximate surface area is 90.9 Å². The second-order valence-electron chi connectivity index (χ2n) is 3.06. The van der Waals surface area contributed by atoms with Gasteiger partial charge in [-0.2, -0.15) is 13.2 Å². The monoisotopic (exact) mass is 235 g/mol. The first-order valence-corrected chi connectivity index (χ1v) is 4.64. The van der Waals surface area contributed by atoms with Gasteiger partial charge in [-0.05, 0) is 0 Å². The molecule has 0 aliphatic carbocycles. The van der Waals surface area contributed by atoms with Crippen LogP contribution >= 0.6 is 0 Å². The van der Waals surface area contributed by atoms with Crippen LogP contribution in [-0.2, 0) is 11.3 Å². The largest absolute Gasteiger partial charge is 0.391 e. The number of ether oxygens (including phenoxy) is 1. The third kappa shape index (κ3) is 4.92. The van der Waals surface area contributed by atoms with E-state index in [4.69, 9.17) is 4.74 Å². The number of alkyl halides is 3. The third-order valence-corrected chi connectivity index (χ3v) is 1.74. The van der Waals surface area contributed by atoms with E-state index in [9.17, 15) is 13.2 Å². The summed E-state index contributed by atoms with van der Waals surface area (Å²) in [5, 5.41) is 2.78. The normalized spacial score (nSPS) is 11.5. The molecule has 0 aromatic carbocycles. The summed E-state index contributed by atoms with van der Waals surface area (Å²) in [7, 11) is 1.70. The highest BCUT2D eigenvalue weighted by Crippen LogP contribution is 2.19. The topological polar surface area (TPSA) is 47.0 Å². The van der Waals surface area contributed by atoms with Crippen LogP contribution in [0.15, 0.2) is 12.4 Å². The minimum atomic E-state index is -4.18. The highest BCUT2D eigenvalue weighted by Gasteiger charge is 2.26. The van der Waals surface area contributed by atoms with Gasteiger partial charge in [-0.25, -0.2) is 4.98 Å². The molecule has 0 radical (unpaired) electrons. The predicted octanol–water partition coefficient (Wildman–Crippen LogP) is 1.99. The fraction of sp³-hybridized carbons (Fsp3) is 0.556. The van der Waals surface area contributed by atoms with Crippen LogP contribution in [0.4, 0.5) is 19.0 Å². The molecule has 0 saturated heterocycles. The van der Waals surface area contributed by atoms with Gasteiger partial charge < -0.3 is 10.1 Å². The Hall–Kier alpha value is -1.37. The quantitative estimate of drug-likeness (QED) is 0.793. The minimum Gasteiger partial charge on any atom is -0.375 e. The molecule has 0 bridgehead atoms. The van der Waals surface area contributed by atoms with Gasteiger partial charge in [0, 0.05) is 7.05 Å². The molecule has 0 atom stereocenters. The van der Waals surface area contributed by atoms with Gasteiger partial charge in [-0.15, -0.1) is 0 Å². The van der Waals surface area contributed by atoms with Crippen LogP contribution in [0.2, 0.25) is 0 Å². The predicted molar refractivity (Wildman–Crippen MR) is 51.9 cm³/mol. The van der Waals surface area contributed by atoms with E-state index in [1.807, 2.05) is 0 Å². The van der Waals surface area contributed by atoms with Gasteiger partial charge in [0.15, 0.2) is 0 Å². The van der Waals surface area contributed by atoms with E-state index in [0.29, 0.717) is 11.5 Å². The Kier molecular flexibility index (Phi) is 4.48. The molecule has 0 saturated carbocycles. The van der Waals surface area contributed by atoms with Crippen LogP contribution in [0.5, 0.6) is 0 Å². The summed E-state index contributed by atoms with van der Waals surface area (Å²) in [4.78, 5) is 7.90. The smallest absolute Gasteiger partial charge is 0.375 e. The van der Waals surface area contributed by atoms with Crippen LogP contribution < -0.4 is 5.32 Å². The van der Waals surface area contributed by atoms with Gasteiger partial charge in [-0.3, -0.25) is 4.98 Å². The lowest BCUT2D eigenvalue weighted by Crippen LogP contribution is -2.11. The molecule has 90 valence electrons. The molecule has 1 heterocycles. The van der Waals surface area contributed by atoms with Crippen molar-refractivity contribution >= 4 is 5.82 Å². The van der Waals surface area contributed by atoms with Crippen molar-refractivity contribution in [1.29, 1.82) is 0 Å². The zero-order valence-electron chi connectivity index (χ0n) is 8.71. The molecule has 1 N–H and O–H groups in total. The van der Waals surface area contributed by atoms with Crippen molar-refractivity contribution in [2.45, 2.75) is 19.2 Å². The molecule has 7 heteroatoms. The Morgan fingerprint density at radius 2 is 2.06 bits per heavy atom. The molecule has 0 unspecified atom stereocenters. The van der Waals surface area contributed by atoms with Crippen LogP contribution in [0, 0.1) is 0 Å². The van der Waals surface area contributed by atoms with Gasteiger partial charge in [0.2, 0.25) is 0 Å². The van der Waals surface area contributed by atoms with Gasteiger partial charge in [0.25, 0.3) is 0 Å². The molecular weight excluding hydrogens is 223 g/mol. The van der Waals surface area contributed by atoms with Gasteiger partial charge >= 0.3 is 6.18 Å². The van der Waals surface area contributed by atoms with E-state index in [2.05, 4.69) is 15.3 Å². The van der Waals surface area contributed by atoms with Crippen LogP contribution in [0.25, 0.3) is 0 Å². The highest BCUT2D eigenvalue weighted by molar-refractivity contribution is 5.29. The molecule has 0 spiro atoms. The average Bonchev–Trinajstić information content (AvgIpc) is 2.24. The Balaban J connectivity index is 2.27. The fourth-order valence-electron chi connectivity index (χ4n) is 0.923. The van der Waals surface area contributed by atoms with Gasteiger partial charge in [0.1, 0.15) is 5.82 Å². The van der Waals surface area contributed by atoms with E-state index in [1.165, 1.54) is 12.4 Å². The van der Waals surface area contributed by atoms with Crippen molar-refractivity contribution < 1.29 is 17.9 Å². The molecule has 0 amide bonds. The van der Waals surface area contributed by atoms with Crippen LogP contribution in [0.1, 0.15) is 12.1 Å². The molecule has 1 aromatic rings. The molecule has 16 heavy (non-hydrogen) atoms. The summed E-state index contributed by atoms with van der Waals surface area (Å²) in [6.07, 6.45) is -2.18. The Bertz CT molecular complexity index is 313. The van der Waals surface area contributed by atoms with Crippen molar-refractivity contribution in [3.63, 3.8) is 0 Å².